The van der Waals surface area contributed by atoms with Crippen LogP contribution >= 0.6 is 0 Å². The molecular formula is C20H22O8. The van der Waals surface area contributed by atoms with E-state index in [4.69, 9.17) is 9.47 Å². The van der Waals surface area contributed by atoms with Gasteiger partial charge in [-0.15, -0.1) is 0 Å². The monoisotopic (exact) mass is 390 g/mol. The third-order valence-corrected chi connectivity index (χ3v) is 4.54. The number of phenols is 1. The molecule has 5 N–H and O–H groups in total. The molecule has 0 amide bonds. The van der Waals surface area contributed by atoms with E-state index in [2.05, 4.69) is 0 Å². The van der Waals surface area contributed by atoms with Gasteiger partial charge >= 0.3 is 0 Å². The van der Waals surface area contributed by atoms with Gasteiger partial charge in [-0.25, -0.2) is 0 Å². The minimum Gasteiger partial charge on any atom is -0.507 e. The third-order valence-electron chi connectivity index (χ3n) is 4.54. The van der Waals surface area contributed by atoms with Crippen LogP contribution in [0.2, 0.25) is 0 Å². The van der Waals surface area contributed by atoms with Crippen molar-refractivity contribution in [1.82, 2.24) is 0 Å². The van der Waals surface area contributed by atoms with E-state index in [-0.39, 0.29) is 17.3 Å². The van der Waals surface area contributed by atoms with Crippen molar-refractivity contribution in [3.63, 3.8) is 0 Å². The fourth-order valence-electron chi connectivity index (χ4n) is 3.01. The number of carbonyl (C=O) groups is 1. The number of benzene rings is 2. The highest BCUT2D eigenvalue weighted by Gasteiger charge is 2.44. The van der Waals surface area contributed by atoms with Gasteiger partial charge in [0.1, 0.15) is 35.9 Å². The van der Waals surface area contributed by atoms with E-state index in [9.17, 15) is 30.3 Å². The molecule has 0 aliphatic carbocycles. The van der Waals surface area contributed by atoms with Crippen LogP contribution in [0, 0.1) is 0 Å². The van der Waals surface area contributed by atoms with Crippen LogP contribution in [0.3, 0.4) is 0 Å². The van der Waals surface area contributed by atoms with E-state index >= 15 is 0 Å². The van der Waals surface area contributed by atoms with Gasteiger partial charge in [-0.1, -0.05) is 18.2 Å². The van der Waals surface area contributed by atoms with E-state index in [1.807, 2.05) is 0 Å². The maximum atomic E-state index is 11.1. The second-order valence-electron chi connectivity index (χ2n) is 6.68. The molecule has 1 heterocycles. The summed E-state index contributed by atoms with van der Waals surface area (Å²) >= 11 is 0. The molecule has 1 fully saturated rings. The Morgan fingerprint density at radius 2 is 1.89 bits per heavy atom. The van der Waals surface area contributed by atoms with Crippen LogP contribution in [-0.4, -0.2) is 68.6 Å². The Labute approximate surface area is 160 Å². The molecule has 0 spiro atoms. The predicted molar refractivity (Wildman–Crippen MR) is 99.7 cm³/mol. The van der Waals surface area contributed by atoms with Crippen molar-refractivity contribution in [3.8, 4) is 11.5 Å². The van der Waals surface area contributed by atoms with E-state index in [0.717, 1.165) is 5.56 Å². The quantitative estimate of drug-likeness (QED) is 0.461. The molecular weight excluding hydrogens is 368 g/mol. The highest BCUT2D eigenvalue weighted by molar-refractivity contribution is 5.94. The number of hydrogen-bond donors (Lipinski definition) is 5. The number of aromatic hydroxyl groups is 1. The molecule has 150 valence electrons. The van der Waals surface area contributed by atoms with Crippen LogP contribution in [0.1, 0.15) is 12.5 Å². The molecule has 0 radical (unpaired) electrons. The summed E-state index contributed by atoms with van der Waals surface area (Å²) in [5.41, 5.74) is 0.737. The van der Waals surface area contributed by atoms with Crippen molar-refractivity contribution in [1.29, 1.82) is 0 Å². The Morgan fingerprint density at radius 3 is 2.57 bits per heavy atom. The molecule has 0 aromatic heterocycles. The molecule has 5 atom stereocenters. The predicted octanol–water partition coefficient (Wildman–Crippen LogP) is 0.326. The van der Waals surface area contributed by atoms with Crippen molar-refractivity contribution in [3.05, 3.63) is 42.0 Å². The van der Waals surface area contributed by atoms with Gasteiger partial charge in [-0.2, -0.15) is 0 Å². The van der Waals surface area contributed by atoms with Crippen molar-refractivity contribution in [2.24, 2.45) is 0 Å². The van der Waals surface area contributed by atoms with Crippen LogP contribution in [0.15, 0.2) is 36.4 Å². The van der Waals surface area contributed by atoms with Gasteiger partial charge in [0.25, 0.3) is 0 Å². The molecule has 0 bridgehead atoms. The summed E-state index contributed by atoms with van der Waals surface area (Å²) in [6, 6.07) is 8.13. The Kier molecular flexibility index (Phi) is 5.97. The molecule has 28 heavy (non-hydrogen) atoms. The van der Waals surface area contributed by atoms with Gasteiger partial charge in [0.2, 0.25) is 6.29 Å². The zero-order valence-electron chi connectivity index (χ0n) is 15.1. The molecule has 8 nitrogen and oxygen atoms in total. The van der Waals surface area contributed by atoms with Gasteiger partial charge in [-0.05, 0) is 36.1 Å². The van der Waals surface area contributed by atoms with Gasteiger partial charge in [-0.3, -0.25) is 4.79 Å². The standard InChI is InChI=1S/C20H22O8/c1-10(22)2-3-11-4-5-12-7-13(8-15(23)14(12)6-11)27-20-19(26)18(25)17(24)16(9-21)28-20/h2-8,16-21,23-26H,9H2,1H3/b3-2+/t16?,17-,18?,19+,20-/m1/s1. The first-order valence-electron chi connectivity index (χ1n) is 8.72. The molecule has 3 rings (SSSR count). The summed E-state index contributed by atoms with van der Waals surface area (Å²) in [6.07, 6.45) is -3.95. The zero-order valence-corrected chi connectivity index (χ0v) is 15.1. The summed E-state index contributed by atoms with van der Waals surface area (Å²) in [4.78, 5) is 11.1. The average molecular weight is 390 g/mol. The van der Waals surface area contributed by atoms with Gasteiger partial charge < -0.3 is 35.0 Å². The van der Waals surface area contributed by atoms with E-state index in [1.54, 1.807) is 30.3 Å². The Balaban J connectivity index is 1.86. The first-order valence-corrected chi connectivity index (χ1v) is 8.72. The van der Waals surface area contributed by atoms with Gasteiger partial charge in [0.05, 0.1) is 6.61 Å². The minimum absolute atomic E-state index is 0.0878. The summed E-state index contributed by atoms with van der Waals surface area (Å²) < 4.78 is 10.8. The lowest BCUT2D eigenvalue weighted by Gasteiger charge is -2.39. The SMILES string of the molecule is CC(=O)/C=C/c1ccc2cc(O[C@@H]3OC(CO)[C@@H](O)C(O)[C@@H]3O)cc(O)c2c1. The topological polar surface area (TPSA) is 137 Å². The normalized spacial score (nSPS) is 28.0. The largest absolute Gasteiger partial charge is 0.507 e. The first kappa shape index (κ1) is 20.2. The highest BCUT2D eigenvalue weighted by atomic mass is 16.7. The molecule has 8 heteroatoms. The number of allylic oxidation sites excluding steroid dienone is 1. The third kappa shape index (κ3) is 4.16. The lowest BCUT2D eigenvalue weighted by Crippen LogP contribution is -2.60. The van der Waals surface area contributed by atoms with E-state index in [1.165, 1.54) is 19.1 Å². The number of rotatable bonds is 5. The highest BCUT2D eigenvalue weighted by Crippen LogP contribution is 2.33. The van der Waals surface area contributed by atoms with Crippen LogP contribution < -0.4 is 4.74 Å². The minimum atomic E-state index is -1.56. The fourth-order valence-corrected chi connectivity index (χ4v) is 3.01. The number of aliphatic hydroxyl groups is 4. The lowest BCUT2D eigenvalue weighted by molar-refractivity contribution is -0.277. The van der Waals surface area contributed by atoms with Crippen LogP contribution in [0.25, 0.3) is 16.8 Å². The van der Waals surface area contributed by atoms with E-state index in [0.29, 0.717) is 10.8 Å². The average Bonchev–Trinajstić information content (AvgIpc) is 2.67. The van der Waals surface area contributed by atoms with E-state index < -0.39 is 37.3 Å². The molecule has 2 aromatic rings. The summed E-state index contributed by atoms with van der Waals surface area (Å²) in [5.74, 6) is -0.0101. The number of aliphatic hydroxyl groups excluding tert-OH is 4. The van der Waals surface area contributed by atoms with Gasteiger partial charge in [0, 0.05) is 11.5 Å². The number of ether oxygens (including phenoxy) is 2. The maximum absolute atomic E-state index is 11.1. The summed E-state index contributed by atoms with van der Waals surface area (Å²) in [7, 11) is 0. The lowest BCUT2D eigenvalue weighted by atomic mass is 9.99. The summed E-state index contributed by atoms with van der Waals surface area (Å²) in [6.45, 7) is 0.877. The molecule has 1 saturated heterocycles. The second-order valence-corrected chi connectivity index (χ2v) is 6.68. The van der Waals surface area contributed by atoms with Crippen LogP contribution in [0.5, 0.6) is 11.5 Å². The van der Waals surface area contributed by atoms with Crippen molar-refractivity contribution < 1.29 is 39.8 Å². The Bertz CT molecular complexity index is 891. The summed E-state index contributed by atoms with van der Waals surface area (Å²) in [5, 5.41) is 50.5. The zero-order chi connectivity index (χ0) is 20.4. The number of phenolic OH excluding ortho intramolecular Hbond substituents is 1. The Hall–Kier alpha value is -2.49. The van der Waals surface area contributed by atoms with Crippen molar-refractivity contribution in [2.75, 3.05) is 6.61 Å². The number of carbonyl (C=O) groups excluding carboxylic acids is 1. The van der Waals surface area contributed by atoms with Crippen LogP contribution in [0.4, 0.5) is 0 Å². The first-order chi connectivity index (χ1) is 13.3. The number of ketones is 1. The molecule has 1 aliphatic heterocycles. The Morgan fingerprint density at radius 1 is 1.14 bits per heavy atom. The number of hydrogen-bond acceptors (Lipinski definition) is 8. The molecule has 0 saturated carbocycles. The number of fused-ring (bicyclic) bond motifs is 1. The van der Waals surface area contributed by atoms with Crippen LogP contribution in [-0.2, 0) is 9.53 Å². The molecule has 1 aliphatic rings. The molecule has 2 aromatic carbocycles. The van der Waals surface area contributed by atoms with Crippen molar-refractivity contribution in [2.45, 2.75) is 37.6 Å². The smallest absolute Gasteiger partial charge is 0.229 e. The fraction of sp³-hybridized carbons (Fsp3) is 0.350. The van der Waals surface area contributed by atoms with Gasteiger partial charge in [0.15, 0.2) is 5.78 Å². The maximum Gasteiger partial charge on any atom is 0.229 e. The van der Waals surface area contributed by atoms with Crippen molar-refractivity contribution >= 4 is 22.6 Å². The second kappa shape index (κ2) is 8.26. The molecule has 2 unspecified atom stereocenters.